The van der Waals surface area contributed by atoms with E-state index in [9.17, 15) is 0 Å². The molecule has 0 unspecified atom stereocenters. The van der Waals surface area contributed by atoms with Crippen molar-refractivity contribution in [2.24, 2.45) is 0 Å². The number of nitrogens with one attached hydrogen (secondary N) is 2. The molecule has 0 spiro atoms. The van der Waals surface area contributed by atoms with E-state index < -0.39 is 0 Å². The average molecular weight is 256 g/mol. The van der Waals surface area contributed by atoms with Gasteiger partial charge in [0, 0.05) is 11.1 Å². The molecule has 0 aliphatic heterocycles. The minimum atomic E-state index is 0.173. The largest absolute Gasteiger partial charge is 0.297 e. The van der Waals surface area contributed by atoms with Gasteiger partial charge in [-0.25, -0.2) is 0 Å². The van der Waals surface area contributed by atoms with E-state index >= 15 is 0 Å². The summed E-state index contributed by atoms with van der Waals surface area (Å²) in [6, 6.07) is 0. The summed E-state index contributed by atoms with van der Waals surface area (Å²) < 4.78 is 0. The second kappa shape index (κ2) is 8.16. The topological polar surface area (TPSA) is 24.1 Å². The molecule has 110 valence electrons. The van der Waals surface area contributed by atoms with Crippen molar-refractivity contribution in [2.75, 3.05) is 0 Å². The molecule has 0 aliphatic carbocycles. The van der Waals surface area contributed by atoms with Crippen molar-refractivity contribution in [3.63, 3.8) is 0 Å². The maximum atomic E-state index is 3.69. The first-order valence-electron chi connectivity index (χ1n) is 7.69. The Morgan fingerprint density at radius 3 is 1.56 bits per heavy atom. The Bertz CT molecular complexity index is 182. The fourth-order valence-corrected chi connectivity index (χ4v) is 2.18. The molecular formula is C16H36N2. The van der Waals surface area contributed by atoms with Crippen LogP contribution < -0.4 is 10.6 Å². The van der Waals surface area contributed by atoms with Gasteiger partial charge < -0.3 is 0 Å². The van der Waals surface area contributed by atoms with Crippen molar-refractivity contribution in [3.05, 3.63) is 0 Å². The smallest absolute Gasteiger partial charge is 0.0579 e. The highest BCUT2D eigenvalue weighted by atomic mass is 15.2. The molecule has 0 aromatic rings. The van der Waals surface area contributed by atoms with Crippen molar-refractivity contribution in [3.8, 4) is 0 Å². The SMILES string of the molecule is CCCCCCCC(NC(C)(C)C)NC(C)(C)C. The van der Waals surface area contributed by atoms with Gasteiger partial charge in [0.25, 0.3) is 0 Å². The van der Waals surface area contributed by atoms with E-state index in [2.05, 4.69) is 59.1 Å². The van der Waals surface area contributed by atoms with Gasteiger partial charge in [-0.3, -0.25) is 10.6 Å². The maximum Gasteiger partial charge on any atom is 0.0579 e. The highest BCUT2D eigenvalue weighted by Gasteiger charge is 2.21. The molecule has 2 N–H and O–H groups in total. The summed E-state index contributed by atoms with van der Waals surface area (Å²) in [5.41, 5.74) is 0.346. The van der Waals surface area contributed by atoms with Crippen LogP contribution in [0, 0.1) is 0 Å². The molecule has 0 amide bonds. The molecule has 0 fully saturated rings. The Labute approximate surface area is 115 Å². The van der Waals surface area contributed by atoms with Crippen LogP contribution in [0.25, 0.3) is 0 Å². The lowest BCUT2D eigenvalue weighted by molar-refractivity contribution is 0.247. The molecule has 2 nitrogen and oxygen atoms in total. The second-order valence-electron chi connectivity index (χ2n) is 7.54. The maximum absolute atomic E-state index is 3.69. The minimum absolute atomic E-state index is 0.173. The van der Waals surface area contributed by atoms with Crippen LogP contribution in [0.4, 0.5) is 0 Å². The zero-order valence-corrected chi connectivity index (χ0v) is 13.8. The molecule has 0 rings (SSSR count). The van der Waals surface area contributed by atoms with Crippen LogP contribution in [0.5, 0.6) is 0 Å². The fourth-order valence-electron chi connectivity index (χ4n) is 2.18. The van der Waals surface area contributed by atoms with E-state index in [-0.39, 0.29) is 11.1 Å². The molecule has 18 heavy (non-hydrogen) atoms. The summed E-state index contributed by atoms with van der Waals surface area (Å²) in [6.07, 6.45) is 8.41. The van der Waals surface area contributed by atoms with E-state index in [4.69, 9.17) is 0 Å². The first-order valence-corrected chi connectivity index (χ1v) is 7.69. The van der Waals surface area contributed by atoms with E-state index in [0.29, 0.717) is 6.17 Å². The molecule has 0 aromatic carbocycles. The predicted octanol–water partition coefficient (Wildman–Crippen LogP) is 4.45. The van der Waals surface area contributed by atoms with Crippen LogP contribution in [0.1, 0.15) is 87.0 Å². The van der Waals surface area contributed by atoms with E-state index in [0.717, 1.165) is 0 Å². The molecule has 0 saturated carbocycles. The van der Waals surface area contributed by atoms with Gasteiger partial charge in [-0.2, -0.15) is 0 Å². The van der Waals surface area contributed by atoms with Gasteiger partial charge in [-0.15, -0.1) is 0 Å². The Kier molecular flexibility index (Phi) is 8.13. The molecule has 0 aliphatic rings. The summed E-state index contributed by atoms with van der Waals surface area (Å²) in [4.78, 5) is 0. The average Bonchev–Trinajstić information content (AvgIpc) is 2.12. The first kappa shape index (κ1) is 17.9. The third kappa shape index (κ3) is 12.4. The third-order valence-corrected chi connectivity index (χ3v) is 2.81. The van der Waals surface area contributed by atoms with Gasteiger partial charge >= 0.3 is 0 Å². The summed E-state index contributed by atoms with van der Waals surface area (Å²) >= 11 is 0. The van der Waals surface area contributed by atoms with Gasteiger partial charge in [0.15, 0.2) is 0 Å². The van der Waals surface area contributed by atoms with Gasteiger partial charge in [0.05, 0.1) is 6.17 Å². The van der Waals surface area contributed by atoms with Crippen LogP contribution >= 0.6 is 0 Å². The summed E-state index contributed by atoms with van der Waals surface area (Å²) in [5, 5.41) is 7.39. The van der Waals surface area contributed by atoms with E-state index in [1.54, 1.807) is 0 Å². The first-order chi connectivity index (χ1) is 8.14. The Balaban J connectivity index is 4.06. The summed E-state index contributed by atoms with van der Waals surface area (Å²) in [6.45, 7) is 15.7. The lowest BCUT2D eigenvalue weighted by Gasteiger charge is -2.34. The zero-order chi connectivity index (χ0) is 14.2. The molecule has 0 bridgehead atoms. The Hall–Kier alpha value is -0.0800. The number of hydrogen-bond donors (Lipinski definition) is 2. The fraction of sp³-hybridized carbons (Fsp3) is 1.00. The molecule has 2 heteroatoms. The van der Waals surface area contributed by atoms with E-state index in [1.807, 2.05) is 0 Å². The van der Waals surface area contributed by atoms with Gasteiger partial charge in [-0.1, -0.05) is 39.0 Å². The summed E-state index contributed by atoms with van der Waals surface area (Å²) in [7, 11) is 0. The van der Waals surface area contributed by atoms with Crippen LogP contribution in [-0.4, -0.2) is 17.2 Å². The minimum Gasteiger partial charge on any atom is -0.297 e. The van der Waals surface area contributed by atoms with Crippen molar-refractivity contribution < 1.29 is 0 Å². The summed E-state index contributed by atoms with van der Waals surface area (Å²) in [5.74, 6) is 0. The van der Waals surface area contributed by atoms with Crippen LogP contribution in [0.3, 0.4) is 0 Å². The molecule has 0 heterocycles. The van der Waals surface area contributed by atoms with Gasteiger partial charge in [-0.05, 0) is 48.0 Å². The molecular weight excluding hydrogens is 220 g/mol. The van der Waals surface area contributed by atoms with Crippen molar-refractivity contribution in [2.45, 2.75) is 104 Å². The third-order valence-electron chi connectivity index (χ3n) is 2.81. The second-order valence-corrected chi connectivity index (χ2v) is 7.54. The molecule has 0 atom stereocenters. The van der Waals surface area contributed by atoms with Crippen LogP contribution in [-0.2, 0) is 0 Å². The van der Waals surface area contributed by atoms with Crippen LogP contribution in [0.2, 0.25) is 0 Å². The molecule has 0 saturated heterocycles. The Morgan fingerprint density at radius 1 is 0.722 bits per heavy atom. The van der Waals surface area contributed by atoms with Gasteiger partial charge in [0.2, 0.25) is 0 Å². The van der Waals surface area contributed by atoms with Crippen molar-refractivity contribution in [1.82, 2.24) is 10.6 Å². The monoisotopic (exact) mass is 256 g/mol. The van der Waals surface area contributed by atoms with Crippen molar-refractivity contribution in [1.29, 1.82) is 0 Å². The normalized spacial score (nSPS) is 13.3. The lowest BCUT2D eigenvalue weighted by Crippen LogP contribution is -2.56. The number of hydrogen-bond acceptors (Lipinski definition) is 2. The Morgan fingerprint density at radius 2 is 1.17 bits per heavy atom. The molecule has 0 aromatic heterocycles. The number of rotatable bonds is 8. The quantitative estimate of drug-likeness (QED) is 0.495. The highest BCUT2D eigenvalue weighted by Crippen LogP contribution is 2.11. The number of unbranched alkanes of at least 4 members (excludes halogenated alkanes) is 4. The standard InChI is InChI=1S/C16H36N2/c1-8-9-10-11-12-13-14(17-15(2,3)4)18-16(5,6)7/h14,17-18H,8-13H2,1-7H3. The highest BCUT2D eigenvalue weighted by molar-refractivity contribution is 4.82. The van der Waals surface area contributed by atoms with Gasteiger partial charge in [0.1, 0.15) is 0 Å². The zero-order valence-electron chi connectivity index (χ0n) is 13.8. The lowest BCUT2D eigenvalue weighted by atomic mass is 10.0. The van der Waals surface area contributed by atoms with E-state index in [1.165, 1.54) is 38.5 Å². The molecule has 0 radical (unpaired) electrons. The van der Waals surface area contributed by atoms with Crippen molar-refractivity contribution >= 4 is 0 Å². The van der Waals surface area contributed by atoms with Crippen LogP contribution in [0.15, 0.2) is 0 Å². The predicted molar refractivity (Wildman–Crippen MR) is 82.9 cm³/mol.